The van der Waals surface area contributed by atoms with Crippen LogP contribution < -0.4 is 14.8 Å². The lowest BCUT2D eigenvalue weighted by atomic mass is 9.96. The Bertz CT molecular complexity index is 628. The molecule has 0 heterocycles. The molecule has 0 saturated heterocycles. The average molecular weight is 350 g/mol. The molecule has 112 valence electrons. The quantitative estimate of drug-likeness (QED) is 0.881. The molecule has 2 rings (SSSR count). The summed E-state index contributed by atoms with van der Waals surface area (Å²) < 4.78 is 11.9. The monoisotopic (exact) mass is 349 g/mol. The number of hydrogen-bond acceptors (Lipinski definition) is 3. The highest BCUT2D eigenvalue weighted by molar-refractivity contribution is 9.10. The van der Waals surface area contributed by atoms with E-state index in [9.17, 15) is 0 Å². The zero-order valence-electron chi connectivity index (χ0n) is 12.7. The van der Waals surface area contributed by atoms with Crippen LogP contribution >= 0.6 is 15.9 Å². The van der Waals surface area contributed by atoms with E-state index in [1.807, 2.05) is 25.2 Å². The zero-order valence-corrected chi connectivity index (χ0v) is 14.3. The molecular formula is C17H20BrNO2. The van der Waals surface area contributed by atoms with Gasteiger partial charge >= 0.3 is 0 Å². The van der Waals surface area contributed by atoms with Crippen molar-refractivity contribution in [1.29, 1.82) is 0 Å². The Balaban J connectivity index is 2.53. The van der Waals surface area contributed by atoms with Gasteiger partial charge in [0.05, 0.1) is 20.3 Å². The predicted octanol–water partition coefficient (Wildman–Crippen LogP) is 4.08. The molecule has 4 heteroatoms. The van der Waals surface area contributed by atoms with E-state index in [1.165, 1.54) is 11.1 Å². The van der Waals surface area contributed by atoms with E-state index in [2.05, 4.69) is 46.4 Å². The van der Waals surface area contributed by atoms with Gasteiger partial charge in [-0.25, -0.2) is 0 Å². The van der Waals surface area contributed by atoms with Crippen LogP contribution in [0.25, 0.3) is 0 Å². The Morgan fingerprint density at radius 3 is 2.43 bits per heavy atom. The zero-order chi connectivity index (χ0) is 15.4. The normalized spacial score (nSPS) is 12.0. The maximum atomic E-state index is 5.53. The summed E-state index contributed by atoms with van der Waals surface area (Å²) in [6.45, 7) is 2.09. The number of halogens is 1. The largest absolute Gasteiger partial charge is 0.497 e. The van der Waals surface area contributed by atoms with E-state index in [-0.39, 0.29) is 6.04 Å². The van der Waals surface area contributed by atoms with Crippen LogP contribution in [0.1, 0.15) is 22.7 Å². The summed E-state index contributed by atoms with van der Waals surface area (Å²) in [5.74, 6) is 1.59. The van der Waals surface area contributed by atoms with Gasteiger partial charge < -0.3 is 14.8 Å². The van der Waals surface area contributed by atoms with Crippen LogP contribution in [-0.4, -0.2) is 21.3 Å². The molecule has 0 spiro atoms. The van der Waals surface area contributed by atoms with Crippen molar-refractivity contribution in [3.63, 3.8) is 0 Å². The molecule has 1 unspecified atom stereocenters. The first kappa shape index (κ1) is 15.9. The SMILES string of the molecule is CNC(c1ccc(OC)cc1OC)c1cccc(C)c1Br. The van der Waals surface area contributed by atoms with Gasteiger partial charge in [0.25, 0.3) is 0 Å². The minimum absolute atomic E-state index is 0.0418. The predicted molar refractivity (Wildman–Crippen MR) is 89.3 cm³/mol. The molecule has 3 nitrogen and oxygen atoms in total. The molecule has 0 aliphatic heterocycles. The van der Waals surface area contributed by atoms with Crippen molar-refractivity contribution in [2.75, 3.05) is 21.3 Å². The maximum absolute atomic E-state index is 5.53. The van der Waals surface area contributed by atoms with E-state index in [4.69, 9.17) is 9.47 Å². The van der Waals surface area contributed by atoms with Crippen molar-refractivity contribution in [1.82, 2.24) is 5.32 Å². The van der Waals surface area contributed by atoms with Gasteiger partial charge in [-0.05, 0) is 37.2 Å². The lowest BCUT2D eigenvalue weighted by molar-refractivity contribution is 0.388. The lowest BCUT2D eigenvalue weighted by Gasteiger charge is -2.22. The van der Waals surface area contributed by atoms with Crippen molar-refractivity contribution >= 4 is 15.9 Å². The van der Waals surface area contributed by atoms with Crippen molar-refractivity contribution < 1.29 is 9.47 Å². The molecule has 0 aliphatic carbocycles. The van der Waals surface area contributed by atoms with Crippen molar-refractivity contribution in [3.05, 3.63) is 57.6 Å². The van der Waals surface area contributed by atoms with Gasteiger partial charge in [-0.3, -0.25) is 0 Å². The highest BCUT2D eigenvalue weighted by Gasteiger charge is 2.20. The molecular weight excluding hydrogens is 330 g/mol. The second-order valence-electron chi connectivity index (χ2n) is 4.81. The first-order valence-corrected chi connectivity index (χ1v) is 7.55. The Morgan fingerprint density at radius 1 is 1.05 bits per heavy atom. The van der Waals surface area contributed by atoms with Gasteiger partial charge in [0.1, 0.15) is 11.5 Å². The van der Waals surface area contributed by atoms with Gasteiger partial charge in [-0.15, -0.1) is 0 Å². The Labute approximate surface area is 134 Å². The summed E-state index contributed by atoms with van der Waals surface area (Å²) in [4.78, 5) is 0. The smallest absolute Gasteiger partial charge is 0.127 e. The minimum atomic E-state index is 0.0418. The average Bonchev–Trinajstić information content (AvgIpc) is 2.52. The summed E-state index contributed by atoms with van der Waals surface area (Å²) in [5.41, 5.74) is 3.47. The second-order valence-corrected chi connectivity index (χ2v) is 5.60. The van der Waals surface area contributed by atoms with Crippen molar-refractivity contribution in [3.8, 4) is 11.5 Å². The number of methoxy groups -OCH3 is 2. The topological polar surface area (TPSA) is 30.5 Å². The number of aryl methyl sites for hydroxylation is 1. The standard InChI is InChI=1S/C17H20BrNO2/c1-11-6-5-7-14(16(11)18)17(19-2)13-9-8-12(20-3)10-15(13)21-4/h5-10,17,19H,1-4H3. The molecule has 0 aliphatic rings. The molecule has 2 aromatic rings. The van der Waals surface area contributed by atoms with Crippen LogP contribution in [0.15, 0.2) is 40.9 Å². The van der Waals surface area contributed by atoms with E-state index < -0.39 is 0 Å². The molecule has 1 atom stereocenters. The molecule has 0 aromatic heterocycles. The minimum Gasteiger partial charge on any atom is -0.497 e. The number of ether oxygens (including phenoxy) is 2. The fraction of sp³-hybridized carbons (Fsp3) is 0.294. The highest BCUT2D eigenvalue weighted by atomic mass is 79.9. The van der Waals surface area contributed by atoms with Crippen molar-refractivity contribution in [2.24, 2.45) is 0 Å². The third-order valence-electron chi connectivity index (χ3n) is 3.57. The summed E-state index contributed by atoms with van der Waals surface area (Å²) in [5, 5.41) is 3.36. The van der Waals surface area contributed by atoms with E-state index in [1.54, 1.807) is 14.2 Å². The molecule has 2 aromatic carbocycles. The van der Waals surface area contributed by atoms with Crippen molar-refractivity contribution in [2.45, 2.75) is 13.0 Å². The van der Waals surface area contributed by atoms with E-state index in [0.29, 0.717) is 0 Å². The summed E-state index contributed by atoms with van der Waals surface area (Å²) in [6.07, 6.45) is 0. The number of hydrogen-bond donors (Lipinski definition) is 1. The molecule has 0 fully saturated rings. The molecule has 0 bridgehead atoms. The molecule has 21 heavy (non-hydrogen) atoms. The Kier molecular flexibility index (Phi) is 5.26. The molecule has 0 amide bonds. The third kappa shape index (κ3) is 3.22. The Morgan fingerprint density at radius 2 is 1.81 bits per heavy atom. The Hall–Kier alpha value is -1.52. The number of benzene rings is 2. The first-order valence-electron chi connectivity index (χ1n) is 6.76. The van der Waals surface area contributed by atoms with Crippen LogP contribution in [0.3, 0.4) is 0 Å². The molecule has 0 saturated carbocycles. The molecule has 1 N–H and O–H groups in total. The van der Waals surface area contributed by atoms with Crippen LogP contribution in [0, 0.1) is 6.92 Å². The van der Waals surface area contributed by atoms with Gasteiger partial charge in [0.15, 0.2) is 0 Å². The summed E-state index contributed by atoms with van der Waals surface area (Å²) in [7, 11) is 5.28. The third-order valence-corrected chi connectivity index (χ3v) is 4.66. The lowest BCUT2D eigenvalue weighted by Crippen LogP contribution is -2.19. The number of rotatable bonds is 5. The van der Waals surface area contributed by atoms with Gasteiger partial charge in [0.2, 0.25) is 0 Å². The maximum Gasteiger partial charge on any atom is 0.127 e. The first-order chi connectivity index (χ1) is 10.1. The fourth-order valence-corrected chi connectivity index (χ4v) is 2.92. The number of nitrogens with one attached hydrogen (secondary N) is 1. The van der Waals surface area contributed by atoms with Crippen LogP contribution in [0.5, 0.6) is 11.5 Å². The second kappa shape index (κ2) is 6.96. The van der Waals surface area contributed by atoms with Crippen LogP contribution in [0.2, 0.25) is 0 Å². The van der Waals surface area contributed by atoms with Crippen LogP contribution in [0.4, 0.5) is 0 Å². The van der Waals surface area contributed by atoms with E-state index in [0.717, 1.165) is 21.5 Å². The van der Waals surface area contributed by atoms with Gasteiger partial charge in [-0.2, -0.15) is 0 Å². The fourth-order valence-electron chi connectivity index (χ4n) is 2.43. The summed E-state index contributed by atoms with van der Waals surface area (Å²) in [6, 6.07) is 12.2. The highest BCUT2D eigenvalue weighted by Crippen LogP contribution is 2.36. The van der Waals surface area contributed by atoms with Crippen LogP contribution in [-0.2, 0) is 0 Å². The van der Waals surface area contributed by atoms with E-state index >= 15 is 0 Å². The van der Waals surface area contributed by atoms with Gasteiger partial charge in [-0.1, -0.05) is 34.1 Å². The molecule has 0 radical (unpaired) electrons. The summed E-state index contributed by atoms with van der Waals surface area (Å²) >= 11 is 3.69. The van der Waals surface area contributed by atoms with Gasteiger partial charge in [0, 0.05) is 16.1 Å².